The standard InChI is InChI=1S/C23H18ClN3O6S/c1-4-32-23(29)20-12(2)13(3)34-22(20)26-21(28)14(11-25)9-16-6-8-19(33-16)17-7-5-15(27(30)31)10-18(17)24/h5-10H,4H2,1-3H3,(H,26,28)/b14-9+. The van der Waals surface area contributed by atoms with Crippen molar-refractivity contribution >= 4 is 51.6 Å². The average molecular weight is 500 g/mol. The van der Waals surface area contributed by atoms with Gasteiger partial charge in [-0.2, -0.15) is 5.26 Å². The van der Waals surface area contributed by atoms with Crippen molar-refractivity contribution in [2.24, 2.45) is 0 Å². The second-order valence-electron chi connectivity index (χ2n) is 6.96. The molecule has 0 aliphatic carbocycles. The summed E-state index contributed by atoms with van der Waals surface area (Å²) in [6, 6.07) is 8.86. The van der Waals surface area contributed by atoms with Crippen molar-refractivity contribution in [1.82, 2.24) is 0 Å². The van der Waals surface area contributed by atoms with Gasteiger partial charge in [0.15, 0.2) is 0 Å². The van der Waals surface area contributed by atoms with Gasteiger partial charge in [0.1, 0.15) is 28.2 Å². The minimum absolute atomic E-state index is 0.118. The van der Waals surface area contributed by atoms with Gasteiger partial charge in [-0.25, -0.2) is 4.79 Å². The summed E-state index contributed by atoms with van der Waals surface area (Å²) in [5.41, 5.74) is 0.942. The van der Waals surface area contributed by atoms with Crippen LogP contribution in [0.15, 0.2) is 40.3 Å². The first-order valence-electron chi connectivity index (χ1n) is 9.90. The molecule has 2 aromatic heterocycles. The maximum absolute atomic E-state index is 12.8. The molecule has 3 aromatic rings. The van der Waals surface area contributed by atoms with E-state index in [1.54, 1.807) is 19.9 Å². The molecule has 0 bridgehead atoms. The highest BCUT2D eigenvalue weighted by atomic mass is 35.5. The molecule has 1 amide bonds. The van der Waals surface area contributed by atoms with E-state index in [0.29, 0.717) is 16.9 Å². The number of carbonyl (C=O) groups is 2. The zero-order valence-electron chi connectivity index (χ0n) is 18.3. The van der Waals surface area contributed by atoms with Crippen LogP contribution in [-0.4, -0.2) is 23.4 Å². The molecule has 0 radical (unpaired) electrons. The minimum atomic E-state index is -0.722. The molecule has 174 valence electrons. The SMILES string of the molecule is CCOC(=O)c1c(NC(=O)/C(C#N)=C/c2ccc(-c3ccc([N+](=O)[O-])cc3Cl)o2)sc(C)c1C. The van der Waals surface area contributed by atoms with Crippen molar-refractivity contribution in [2.75, 3.05) is 11.9 Å². The molecular formula is C23H18ClN3O6S. The molecule has 0 aliphatic rings. The number of non-ortho nitro benzene ring substituents is 1. The van der Waals surface area contributed by atoms with E-state index in [4.69, 9.17) is 20.8 Å². The number of halogens is 1. The Labute approximate surface area is 203 Å². The number of anilines is 1. The zero-order chi connectivity index (χ0) is 25.0. The van der Waals surface area contributed by atoms with Gasteiger partial charge in [-0.3, -0.25) is 14.9 Å². The van der Waals surface area contributed by atoms with E-state index in [-0.39, 0.29) is 39.2 Å². The molecule has 1 N–H and O–H groups in total. The summed E-state index contributed by atoms with van der Waals surface area (Å²) >= 11 is 7.34. The summed E-state index contributed by atoms with van der Waals surface area (Å²) in [5.74, 6) is -0.781. The first-order chi connectivity index (χ1) is 16.2. The summed E-state index contributed by atoms with van der Waals surface area (Å²) < 4.78 is 10.7. The van der Waals surface area contributed by atoms with Crippen molar-refractivity contribution < 1.29 is 23.7 Å². The van der Waals surface area contributed by atoms with E-state index in [2.05, 4.69) is 5.32 Å². The maximum Gasteiger partial charge on any atom is 0.341 e. The Hall–Kier alpha value is -3.94. The number of nitriles is 1. The highest BCUT2D eigenvalue weighted by Crippen LogP contribution is 2.34. The molecular weight excluding hydrogens is 482 g/mol. The average Bonchev–Trinajstić information content (AvgIpc) is 3.36. The number of benzene rings is 1. The van der Waals surface area contributed by atoms with Gasteiger partial charge in [-0.15, -0.1) is 11.3 Å². The Morgan fingerprint density at radius 2 is 2.06 bits per heavy atom. The topological polar surface area (TPSA) is 135 Å². The third kappa shape index (κ3) is 5.17. The number of hydrogen-bond donors (Lipinski definition) is 1. The third-order valence-electron chi connectivity index (χ3n) is 4.80. The Morgan fingerprint density at radius 3 is 2.68 bits per heavy atom. The Bertz CT molecular complexity index is 1370. The van der Waals surface area contributed by atoms with Crippen LogP contribution in [0.2, 0.25) is 5.02 Å². The fraction of sp³-hybridized carbons (Fsp3) is 0.174. The number of nitro benzene ring substituents is 1. The van der Waals surface area contributed by atoms with Gasteiger partial charge in [0, 0.05) is 28.6 Å². The molecule has 3 rings (SSSR count). The number of nitrogens with one attached hydrogen (secondary N) is 1. The van der Waals surface area contributed by atoms with Crippen molar-refractivity contribution in [3.8, 4) is 17.4 Å². The van der Waals surface area contributed by atoms with Crippen LogP contribution in [0, 0.1) is 35.3 Å². The zero-order valence-corrected chi connectivity index (χ0v) is 19.9. The minimum Gasteiger partial charge on any atom is -0.462 e. The molecule has 11 heteroatoms. The van der Waals surface area contributed by atoms with Gasteiger partial charge in [0.2, 0.25) is 0 Å². The second-order valence-corrected chi connectivity index (χ2v) is 8.59. The molecule has 0 unspecified atom stereocenters. The largest absolute Gasteiger partial charge is 0.462 e. The van der Waals surface area contributed by atoms with Crippen molar-refractivity contribution in [2.45, 2.75) is 20.8 Å². The molecule has 2 heterocycles. The van der Waals surface area contributed by atoms with E-state index in [1.165, 1.54) is 41.7 Å². The fourth-order valence-electron chi connectivity index (χ4n) is 3.02. The smallest absolute Gasteiger partial charge is 0.341 e. The first-order valence-corrected chi connectivity index (χ1v) is 11.1. The lowest BCUT2D eigenvalue weighted by Crippen LogP contribution is -2.16. The van der Waals surface area contributed by atoms with E-state index in [0.717, 1.165) is 4.88 Å². The fourth-order valence-corrected chi connectivity index (χ4v) is 4.33. The molecule has 0 spiro atoms. The molecule has 0 aliphatic heterocycles. The van der Waals surface area contributed by atoms with Crippen LogP contribution in [0.1, 0.15) is 33.5 Å². The van der Waals surface area contributed by atoms with Gasteiger partial charge in [0.25, 0.3) is 11.6 Å². The van der Waals surface area contributed by atoms with Crippen molar-refractivity contribution in [3.05, 3.63) is 72.8 Å². The third-order valence-corrected chi connectivity index (χ3v) is 6.23. The van der Waals surface area contributed by atoms with Crippen LogP contribution >= 0.6 is 22.9 Å². The lowest BCUT2D eigenvalue weighted by atomic mass is 10.1. The normalized spacial score (nSPS) is 11.1. The highest BCUT2D eigenvalue weighted by Gasteiger charge is 2.23. The summed E-state index contributed by atoms with van der Waals surface area (Å²) in [5, 5.41) is 23.4. The van der Waals surface area contributed by atoms with Crippen molar-refractivity contribution in [3.63, 3.8) is 0 Å². The summed E-state index contributed by atoms with van der Waals surface area (Å²) in [6.07, 6.45) is 1.25. The first kappa shape index (κ1) is 24.7. The lowest BCUT2D eigenvalue weighted by molar-refractivity contribution is -0.384. The van der Waals surface area contributed by atoms with E-state index in [9.17, 15) is 25.0 Å². The van der Waals surface area contributed by atoms with Crippen LogP contribution in [0.25, 0.3) is 17.4 Å². The number of nitrogens with zero attached hydrogens (tertiary/aromatic N) is 2. The highest BCUT2D eigenvalue weighted by molar-refractivity contribution is 7.16. The molecule has 0 saturated heterocycles. The Kier molecular flexibility index (Phi) is 7.50. The van der Waals surface area contributed by atoms with Gasteiger partial charge in [0.05, 0.1) is 22.1 Å². The summed E-state index contributed by atoms with van der Waals surface area (Å²) in [6.45, 7) is 5.43. The van der Waals surface area contributed by atoms with Crippen LogP contribution in [0.3, 0.4) is 0 Å². The number of furan rings is 1. The molecule has 0 atom stereocenters. The van der Waals surface area contributed by atoms with Gasteiger partial charge < -0.3 is 14.5 Å². The summed E-state index contributed by atoms with van der Waals surface area (Å²) in [4.78, 5) is 36.2. The number of ether oxygens (including phenoxy) is 1. The maximum atomic E-state index is 12.8. The van der Waals surface area contributed by atoms with E-state index >= 15 is 0 Å². The summed E-state index contributed by atoms with van der Waals surface area (Å²) in [7, 11) is 0. The number of amides is 1. The van der Waals surface area contributed by atoms with Crippen LogP contribution in [0.5, 0.6) is 0 Å². The molecule has 34 heavy (non-hydrogen) atoms. The monoisotopic (exact) mass is 499 g/mol. The molecule has 0 saturated carbocycles. The van der Waals surface area contributed by atoms with E-state index < -0.39 is 16.8 Å². The van der Waals surface area contributed by atoms with Gasteiger partial charge >= 0.3 is 5.97 Å². The van der Waals surface area contributed by atoms with Gasteiger partial charge in [-0.1, -0.05) is 11.6 Å². The number of hydrogen-bond acceptors (Lipinski definition) is 8. The number of esters is 1. The van der Waals surface area contributed by atoms with Crippen LogP contribution in [0.4, 0.5) is 10.7 Å². The van der Waals surface area contributed by atoms with Crippen LogP contribution < -0.4 is 5.32 Å². The predicted molar refractivity (Wildman–Crippen MR) is 128 cm³/mol. The number of nitro groups is 1. The number of aryl methyl sites for hydroxylation is 1. The van der Waals surface area contributed by atoms with Crippen molar-refractivity contribution in [1.29, 1.82) is 5.26 Å². The Balaban J connectivity index is 1.86. The number of thiophene rings is 1. The Morgan fingerprint density at radius 1 is 1.32 bits per heavy atom. The number of rotatable bonds is 7. The quantitative estimate of drug-likeness (QED) is 0.140. The molecule has 0 fully saturated rings. The lowest BCUT2D eigenvalue weighted by Gasteiger charge is -2.06. The van der Waals surface area contributed by atoms with Gasteiger partial charge in [-0.05, 0) is 44.5 Å². The van der Waals surface area contributed by atoms with Crippen LogP contribution in [-0.2, 0) is 9.53 Å². The predicted octanol–water partition coefficient (Wildman–Crippen LogP) is 5.91. The van der Waals surface area contributed by atoms with E-state index in [1.807, 2.05) is 13.0 Å². The second kappa shape index (κ2) is 10.3. The number of carbonyl (C=O) groups excluding carboxylic acids is 2. The molecule has 1 aromatic carbocycles. The molecule has 9 nitrogen and oxygen atoms in total.